The first kappa shape index (κ1) is 18.4. The Labute approximate surface area is 171 Å². The minimum Gasteiger partial charge on any atom is -0.325 e. The predicted octanol–water partition coefficient (Wildman–Crippen LogP) is 6.59. The summed E-state index contributed by atoms with van der Waals surface area (Å²) in [4.78, 5) is 8.85. The van der Waals surface area contributed by atoms with Gasteiger partial charge in [-0.3, -0.25) is 0 Å². The van der Waals surface area contributed by atoms with Crippen molar-refractivity contribution in [2.45, 2.75) is 0 Å². The summed E-state index contributed by atoms with van der Waals surface area (Å²) in [6.45, 7) is 7.54. The summed E-state index contributed by atoms with van der Waals surface area (Å²) in [5.41, 5.74) is 7.25. The van der Waals surface area contributed by atoms with Crippen molar-refractivity contribution >= 4 is 5.95 Å². The van der Waals surface area contributed by atoms with Gasteiger partial charge in [0.1, 0.15) is 0 Å². The largest absolute Gasteiger partial charge is 0.325 e. The first-order valence-corrected chi connectivity index (χ1v) is 9.40. The summed E-state index contributed by atoms with van der Waals surface area (Å²) < 4.78 is 0. The highest BCUT2D eigenvalue weighted by atomic mass is 15.1. The third kappa shape index (κ3) is 4.30. The van der Waals surface area contributed by atoms with Gasteiger partial charge in [-0.15, -0.1) is 0 Å². The number of hydrogen-bond acceptors (Lipinski definition) is 3. The second-order valence-corrected chi connectivity index (χ2v) is 6.65. The number of hydrogen-bond donors (Lipinski definition) is 1. The van der Waals surface area contributed by atoms with E-state index in [0.29, 0.717) is 11.6 Å². The van der Waals surface area contributed by atoms with E-state index >= 15 is 0 Å². The van der Waals surface area contributed by atoms with Gasteiger partial charge in [0.05, 0.1) is 5.69 Å². The Hall–Kier alpha value is -3.98. The zero-order valence-electron chi connectivity index (χ0n) is 16.0. The van der Waals surface area contributed by atoms with Crippen LogP contribution in [-0.2, 0) is 0 Å². The van der Waals surface area contributed by atoms with E-state index in [4.69, 9.17) is 0 Å². The van der Waals surface area contributed by atoms with Gasteiger partial charge in [-0.1, -0.05) is 79.9 Å². The third-order valence-corrected chi connectivity index (χ3v) is 4.64. The van der Waals surface area contributed by atoms with E-state index in [0.717, 1.165) is 16.8 Å². The van der Waals surface area contributed by atoms with Crippen molar-refractivity contribution in [3.05, 3.63) is 116 Å². The van der Waals surface area contributed by atoms with Gasteiger partial charge in [0.25, 0.3) is 0 Å². The van der Waals surface area contributed by atoms with Crippen LogP contribution in [0.1, 0.15) is 0 Å². The molecule has 29 heavy (non-hydrogen) atoms. The van der Waals surface area contributed by atoms with Gasteiger partial charge in [0.2, 0.25) is 5.95 Å². The SMILES string of the molecule is C=CC(=C)Nc1nccc(-c2cccc(-c3cccc(-c4ccccc4)c3)c2)n1. The third-order valence-electron chi connectivity index (χ3n) is 4.64. The Morgan fingerprint density at radius 3 is 2.00 bits per heavy atom. The van der Waals surface area contributed by atoms with E-state index in [-0.39, 0.29) is 0 Å². The van der Waals surface area contributed by atoms with E-state index < -0.39 is 0 Å². The molecule has 0 fully saturated rings. The van der Waals surface area contributed by atoms with Crippen LogP contribution in [0.25, 0.3) is 33.5 Å². The summed E-state index contributed by atoms with van der Waals surface area (Å²) in [5, 5.41) is 3.04. The molecule has 0 radical (unpaired) electrons. The van der Waals surface area contributed by atoms with Crippen molar-refractivity contribution < 1.29 is 0 Å². The molecular formula is C26H21N3. The molecule has 0 atom stereocenters. The molecule has 140 valence electrons. The van der Waals surface area contributed by atoms with Crippen molar-refractivity contribution in [1.82, 2.24) is 9.97 Å². The van der Waals surface area contributed by atoms with Crippen LogP contribution >= 0.6 is 0 Å². The summed E-state index contributed by atoms with van der Waals surface area (Å²) >= 11 is 0. The molecule has 0 unspecified atom stereocenters. The summed E-state index contributed by atoms with van der Waals surface area (Å²) in [5.74, 6) is 0.504. The zero-order valence-corrected chi connectivity index (χ0v) is 16.0. The molecular weight excluding hydrogens is 354 g/mol. The molecule has 0 saturated carbocycles. The smallest absolute Gasteiger partial charge is 0.227 e. The van der Waals surface area contributed by atoms with E-state index in [1.54, 1.807) is 12.3 Å². The maximum Gasteiger partial charge on any atom is 0.227 e. The number of nitrogens with zero attached hydrogens (tertiary/aromatic N) is 2. The van der Waals surface area contributed by atoms with E-state index in [9.17, 15) is 0 Å². The van der Waals surface area contributed by atoms with Crippen molar-refractivity contribution in [1.29, 1.82) is 0 Å². The van der Waals surface area contributed by atoms with Crippen LogP contribution < -0.4 is 5.32 Å². The predicted molar refractivity (Wildman–Crippen MR) is 121 cm³/mol. The van der Waals surface area contributed by atoms with Crippen molar-refractivity contribution in [2.75, 3.05) is 5.32 Å². The molecule has 0 aliphatic rings. The summed E-state index contributed by atoms with van der Waals surface area (Å²) in [7, 11) is 0. The van der Waals surface area contributed by atoms with Crippen LogP contribution in [0.15, 0.2) is 116 Å². The van der Waals surface area contributed by atoms with E-state index in [2.05, 4.69) is 101 Å². The molecule has 0 aliphatic heterocycles. The van der Waals surface area contributed by atoms with Gasteiger partial charge in [0.15, 0.2) is 0 Å². The highest BCUT2D eigenvalue weighted by Gasteiger charge is 2.06. The van der Waals surface area contributed by atoms with Gasteiger partial charge in [0, 0.05) is 17.5 Å². The second-order valence-electron chi connectivity index (χ2n) is 6.65. The maximum atomic E-state index is 4.60. The second kappa shape index (κ2) is 8.36. The van der Waals surface area contributed by atoms with Crippen LogP contribution in [0.3, 0.4) is 0 Å². The summed E-state index contributed by atoms with van der Waals surface area (Å²) in [6, 6.07) is 29.3. The van der Waals surface area contributed by atoms with Gasteiger partial charge in [-0.25, -0.2) is 9.97 Å². The lowest BCUT2D eigenvalue weighted by atomic mass is 9.97. The highest BCUT2D eigenvalue weighted by molar-refractivity contribution is 5.76. The minimum atomic E-state index is 0.504. The number of rotatable bonds is 6. The standard InChI is InChI=1S/C26H21N3/c1-3-19(2)28-26-27-16-15-25(29-26)24-14-8-13-23(18-24)22-12-7-11-21(17-22)20-9-5-4-6-10-20/h3-18H,1-2H2,(H,27,28,29). The topological polar surface area (TPSA) is 37.8 Å². The number of nitrogens with one attached hydrogen (secondary N) is 1. The van der Waals surface area contributed by atoms with Crippen molar-refractivity contribution in [3.8, 4) is 33.5 Å². The molecule has 3 nitrogen and oxygen atoms in total. The van der Waals surface area contributed by atoms with Crippen LogP contribution in [0.2, 0.25) is 0 Å². The van der Waals surface area contributed by atoms with Crippen LogP contribution in [0.4, 0.5) is 5.95 Å². The molecule has 0 amide bonds. The van der Waals surface area contributed by atoms with Gasteiger partial charge < -0.3 is 5.32 Å². The molecule has 0 bridgehead atoms. The van der Waals surface area contributed by atoms with Crippen LogP contribution in [0, 0.1) is 0 Å². The van der Waals surface area contributed by atoms with Crippen molar-refractivity contribution in [2.24, 2.45) is 0 Å². The Morgan fingerprint density at radius 1 is 0.724 bits per heavy atom. The molecule has 1 aromatic heterocycles. The number of allylic oxidation sites excluding steroid dienone is 1. The van der Waals surface area contributed by atoms with Gasteiger partial charge in [-0.05, 0) is 46.5 Å². The Balaban J connectivity index is 1.67. The average molecular weight is 375 g/mol. The molecule has 4 aromatic rings. The van der Waals surface area contributed by atoms with Gasteiger partial charge >= 0.3 is 0 Å². The lowest BCUT2D eigenvalue weighted by Gasteiger charge is -2.09. The highest BCUT2D eigenvalue weighted by Crippen LogP contribution is 2.29. The number of benzene rings is 3. The lowest BCUT2D eigenvalue weighted by Crippen LogP contribution is -2.00. The monoisotopic (exact) mass is 375 g/mol. The molecule has 1 heterocycles. The molecule has 0 aliphatic carbocycles. The molecule has 1 N–H and O–H groups in total. The molecule has 0 saturated heterocycles. The summed E-state index contributed by atoms with van der Waals surface area (Å²) in [6.07, 6.45) is 3.38. The fourth-order valence-electron chi connectivity index (χ4n) is 3.14. The van der Waals surface area contributed by atoms with Crippen molar-refractivity contribution in [3.63, 3.8) is 0 Å². The normalized spacial score (nSPS) is 10.3. The molecule has 3 heteroatoms. The van der Waals surface area contributed by atoms with E-state index in [1.165, 1.54) is 16.7 Å². The molecule has 3 aromatic carbocycles. The fourth-order valence-corrected chi connectivity index (χ4v) is 3.14. The molecule has 0 spiro atoms. The quantitative estimate of drug-likeness (QED) is 0.386. The first-order valence-electron chi connectivity index (χ1n) is 9.40. The first-order chi connectivity index (χ1) is 14.2. The lowest BCUT2D eigenvalue weighted by molar-refractivity contribution is 1.16. The van der Waals surface area contributed by atoms with Crippen LogP contribution in [0.5, 0.6) is 0 Å². The van der Waals surface area contributed by atoms with Gasteiger partial charge in [-0.2, -0.15) is 0 Å². The zero-order chi connectivity index (χ0) is 20.1. The fraction of sp³-hybridized carbons (Fsp3) is 0. The Morgan fingerprint density at radius 2 is 1.31 bits per heavy atom. The van der Waals surface area contributed by atoms with E-state index in [1.807, 2.05) is 12.1 Å². The molecule has 4 rings (SSSR count). The Bertz CT molecular complexity index is 1160. The Kier molecular flexibility index (Phi) is 5.30. The number of anilines is 1. The van der Waals surface area contributed by atoms with Crippen LogP contribution in [-0.4, -0.2) is 9.97 Å². The average Bonchev–Trinajstić information content (AvgIpc) is 2.80. The number of aromatic nitrogens is 2. The maximum absolute atomic E-state index is 4.60. The minimum absolute atomic E-state index is 0.504.